The fourth-order valence-electron chi connectivity index (χ4n) is 3.05. The zero-order chi connectivity index (χ0) is 23.4. The molecule has 3 aromatic rings. The number of cyclic esters (lactones) is 1. The molecule has 0 radical (unpaired) electrons. The van der Waals surface area contributed by atoms with E-state index in [0.29, 0.717) is 17.1 Å². The van der Waals surface area contributed by atoms with Gasteiger partial charge in [-0.05, 0) is 88.3 Å². The average molecular weight is 556 g/mol. The van der Waals surface area contributed by atoms with Crippen LogP contribution in [0.2, 0.25) is 0 Å². The van der Waals surface area contributed by atoms with Crippen LogP contribution in [0.1, 0.15) is 16.7 Å². The van der Waals surface area contributed by atoms with Crippen molar-refractivity contribution in [3.63, 3.8) is 0 Å². The molecule has 1 aliphatic heterocycles. The molecule has 1 heterocycles. The number of aliphatic imine (C=N–C) groups is 1. The number of carbonyl (C=O) groups is 1. The highest BCUT2D eigenvalue weighted by Crippen LogP contribution is 2.30. The summed E-state index contributed by atoms with van der Waals surface area (Å²) in [6.07, 6.45) is 1.62. The van der Waals surface area contributed by atoms with Crippen LogP contribution in [0.3, 0.4) is 0 Å². The molecular formula is C24H17IN2O6. The van der Waals surface area contributed by atoms with Crippen LogP contribution >= 0.6 is 22.6 Å². The van der Waals surface area contributed by atoms with Gasteiger partial charge >= 0.3 is 5.97 Å². The molecule has 0 atom stereocenters. The van der Waals surface area contributed by atoms with Gasteiger partial charge in [-0.25, -0.2) is 9.79 Å². The number of halogens is 1. The Bertz CT molecular complexity index is 1270. The number of rotatable bonds is 7. The van der Waals surface area contributed by atoms with Crippen molar-refractivity contribution in [1.82, 2.24) is 0 Å². The molecule has 0 bridgehead atoms. The molecule has 0 aliphatic carbocycles. The Morgan fingerprint density at radius 2 is 1.79 bits per heavy atom. The SMILES string of the molecule is COc1cc(/C=C2\N=C(c3ccc(I)cc3)OC2=O)ccc1OCc1ccc([N+](=O)[O-])cc1. The summed E-state index contributed by atoms with van der Waals surface area (Å²) in [6.45, 7) is 0.213. The maximum atomic E-state index is 12.3. The molecule has 0 N–H and O–H groups in total. The Hall–Kier alpha value is -3.73. The minimum atomic E-state index is -0.527. The molecule has 0 saturated heterocycles. The Labute approximate surface area is 202 Å². The molecular weight excluding hydrogens is 539 g/mol. The van der Waals surface area contributed by atoms with E-state index in [1.807, 2.05) is 24.3 Å². The largest absolute Gasteiger partial charge is 0.493 e. The van der Waals surface area contributed by atoms with Gasteiger partial charge in [0.05, 0.1) is 12.0 Å². The zero-order valence-corrected chi connectivity index (χ0v) is 19.5. The van der Waals surface area contributed by atoms with E-state index in [4.69, 9.17) is 14.2 Å². The summed E-state index contributed by atoms with van der Waals surface area (Å²) in [5, 5.41) is 10.8. The van der Waals surface area contributed by atoms with E-state index in [2.05, 4.69) is 27.6 Å². The lowest BCUT2D eigenvalue weighted by Gasteiger charge is -2.11. The van der Waals surface area contributed by atoms with Gasteiger partial charge in [-0.1, -0.05) is 6.07 Å². The number of hydrogen-bond donors (Lipinski definition) is 0. The summed E-state index contributed by atoms with van der Waals surface area (Å²) in [6, 6.07) is 18.9. The van der Waals surface area contributed by atoms with Crippen molar-refractivity contribution in [1.29, 1.82) is 0 Å². The van der Waals surface area contributed by atoms with Crippen molar-refractivity contribution in [3.8, 4) is 11.5 Å². The minimum Gasteiger partial charge on any atom is -0.493 e. The maximum absolute atomic E-state index is 12.3. The van der Waals surface area contributed by atoms with Crippen LogP contribution in [0.4, 0.5) is 5.69 Å². The van der Waals surface area contributed by atoms with E-state index in [-0.39, 0.29) is 23.9 Å². The number of carbonyl (C=O) groups excluding carboxylic acids is 1. The van der Waals surface area contributed by atoms with Crippen molar-refractivity contribution in [3.05, 3.63) is 103 Å². The molecule has 9 heteroatoms. The van der Waals surface area contributed by atoms with Gasteiger partial charge in [0.1, 0.15) is 6.61 Å². The zero-order valence-electron chi connectivity index (χ0n) is 17.4. The lowest BCUT2D eigenvalue weighted by molar-refractivity contribution is -0.384. The third-order valence-corrected chi connectivity index (χ3v) is 5.46. The first-order valence-electron chi connectivity index (χ1n) is 9.75. The molecule has 0 saturated carbocycles. The number of hydrogen-bond acceptors (Lipinski definition) is 7. The van der Waals surface area contributed by atoms with Gasteiger partial charge in [-0.15, -0.1) is 0 Å². The molecule has 33 heavy (non-hydrogen) atoms. The number of methoxy groups -OCH3 is 1. The van der Waals surface area contributed by atoms with E-state index in [0.717, 1.165) is 14.7 Å². The number of benzene rings is 3. The lowest BCUT2D eigenvalue weighted by atomic mass is 10.1. The average Bonchev–Trinajstić information content (AvgIpc) is 3.18. The van der Waals surface area contributed by atoms with Crippen LogP contribution in [-0.4, -0.2) is 23.9 Å². The highest BCUT2D eigenvalue weighted by Gasteiger charge is 2.24. The summed E-state index contributed by atoms with van der Waals surface area (Å²) < 4.78 is 17.6. The normalized spacial score (nSPS) is 14.1. The van der Waals surface area contributed by atoms with Crippen molar-refractivity contribution < 1.29 is 23.9 Å². The summed E-state index contributed by atoms with van der Waals surface area (Å²) >= 11 is 2.20. The van der Waals surface area contributed by atoms with Gasteiger partial charge in [0, 0.05) is 21.3 Å². The predicted octanol–water partition coefficient (Wildman–Crippen LogP) is 5.13. The molecule has 0 amide bonds. The summed E-state index contributed by atoms with van der Waals surface area (Å²) in [5.41, 5.74) is 2.39. The molecule has 3 aromatic carbocycles. The maximum Gasteiger partial charge on any atom is 0.363 e. The fraction of sp³-hybridized carbons (Fsp3) is 0.0833. The van der Waals surface area contributed by atoms with E-state index < -0.39 is 10.9 Å². The van der Waals surface area contributed by atoms with E-state index in [1.54, 1.807) is 36.4 Å². The quantitative estimate of drug-likeness (QED) is 0.132. The Morgan fingerprint density at radius 3 is 2.45 bits per heavy atom. The molecule has 166 valence electrons. The first kappa shape index (κ1) is 22.5. The van der Waals surface area contributed by atoms with Crippen LogP contribution < -0.4 is 9.47 Å². The van der Waals surface area contributed by atoms with E-state index in [1.165, 1.54) is 19.2 Å². The minimum absolute atomic E-state index is 0.0204. The topological polar surface area (TPSA) is 100 Å². The second kappa shape index (κ2) is 9.82. The van der Waals surface area contributed by atoms with E-state index >= 15 is 0 Å². The number of nitro benzene ring substituents is 1. The first-order valence-corrected chi connectivity index (χ1v) is 10.8. The van der Waals surface area contributed by atoms with Crippen molar-refractivity contribution >= 4 is 46.2 Å². The fourth-order valence-corrected chi connectivity index (χ4v) is 3.41. The molecule has 0 fully saturated rings. The number of nitro groups is 1. The summed E-state index contributed by atoms with van der Waals surface area (Å²) in [5.74, 6) is 0.702. The Balaban J connectivity index is 1.50. The lowest BCUT2D eigenvalue weighted by Crippen LogP contribution is -2.05. The van der Waals surface area contributed by atoms with Crippen LogP contribution in [-0.2, 0) is 16.1 Å². The second-order valence-corrected chi connectivity index (χ2v) is 8.21. The van der Waals surface area contributed by atoms with Gasteiger partial charge in [-0.2, -0.15) is 0 Å². The third-order valence-electron chi connectivity index (χ3n) is 4.74. The van der Waals surface area contributed by atoms with Gasteiger partial charge in [0.2, 0.25) is 5.90 Å². The number of nitrogens with zero attached hydrogens (tertiary/aromatic N) is 2. The molecule has 8 nitrogen and oxygen atoms in total. The van der Waals surface area contributed by atoms with E-state index in [9.17, 15) is 14.9 Å². The van der Waals surface area contributed by atoms with Gasteiger partial charge < -0.3 is 14.2 Å². The van der Waals surface area contributed by atoms with Crippen LogP contribution in [0.15, 0.2) is 77.4 Å². The predicted molar refractivity (Wildman–Crippen MR) is 130 cm³/mol. The monoisotopic (exact) mass is 556 g/mol. The summed E-state index contributed by atoms with van der Waals surface area (Å²) in [4.78, 5) is 26.9. The number of non-ortho nitro benzene ring substituents is 1. The molecule has 0 unspecified atom stereocenters. The van der Waals surface area contributed by atoms with Crippen molar-refractivity contribution in [2.45, 2.75) is 6.61 Å². The highest BCUT2D eigenvalue weighted by atomic mass is 127. The van der Waals surface area contributed by atoms with Gasteiger partial charge in [0.15, 0.2) is 17.2 Å². The molecule has 1 aliphatic rings. The smallest absolute Gasteiger partial charge is 0.363 e. The molecule has 4 rings (SSSR count). The standard InChI is InChI=1S/C24H17IN2O6/c1-31-22-13-16(4-11-21(22)32-14-15-2-9-19(10-3-15)27(29)30)12-20-24(28)33-23(26-20)17-5-7-18(25)8-6-17/h2-13H,14H2,1H3/b20-12-. The number of ether oxygens (including phenoxy) is 3. The van der Waals surface area contributed by atoms with Crippen LogP contribution in [0, 0.1) is 13.7 Å². The van der Waals surface area contributed by atoms with Crippen LogP contribution in [0.25, 0.3) is 6.08 Å². The Morgan fingerprint density at radius 1 is 1.06 bits per heavy atom. The summed E-state index contributed by atoms with van der Waals surface area (Å²) in [7, 11) is 1.52. The van der Waals surface area contributed by atoms with Gasteiger partial charge in [0.25, 0.3) is 5.69 Å². The molecule has 0 spiro atoms. The third kappa shape index (κ3) is 5.37. The molecule has 0 aromatic heterocycles. The second-order valence-electron chi connectivity index (χ2n) is 6.97. The highest BCUT2D eigenvalue weighted by molar-refractivity contribution is 14.1. The van der Waals surface area contributed by atoms with Gasteiger partial charge in [-0.3, -0.25) is 10.1 Å². The van der Waals surface area contributed by atoms with Crippen molar-refractivity contribution in [2.24, 2.45) is 4.99 Å². The Kier molecular flexibility index (Phi) is 6.68. The van der Waals surface area contributed by atoms with Crippen LogP contribution in [0.5, 0.6) is 11.5 Å². The number of esters is 1. The van der Waals surface area contributed by atoms with Crippen molar-refractivity contribution in [2.75, 3.05) is 7.11 Å². The first-order chi connectivity index (χ1) is 15.9.